The number of rotatable bonds is 44. The van der Waals surface area contributed by atoms with Crippen LogP contribution in [0.1, 0.15) is 208 Å². The Morgan fingerprint density at radius 3 is 1.16 bits per heavy atom. The van der Waals surface area contributed by atoms with Crippen LogP contribution in [0, 0.1) is 47.3 Å². The van der Waals surface area contributed by atoms with Gasteiger partial charge in [-0.2, -0.15) is 0 Å². The molecule has 6 amide bonds. The summed E-state index contributed by atoms with van der Waals surface area (Å²) in [5.74, 6) is -7.95. The van der Waals surface area contributed by atoms with Crippen molar-refractivity contribution in [3.63, 3.8) is 0 Å². The van der Waals surface area contributed by atoms with Crippen LogP contribution in [0.25, 0.3) is 0 Å². The van der Waals surface area contributed by atoms with Gasteiger partial charge in [-0.25, -0.2) is 14.4 Å². The van der Waals surface area contributed by atoms with E-state index in [1.807, 2.05) is 156 Å². The number of carbonyl (C=O) groups excluding carboxylic acids is 10. The molecule has 4 aromatic rings. The molecule has 25 nitrogen and oxygen atoms in total. The molecule has 0 radical (unpaired) electrons. The van der Waals surface area contributed by atoms with Crippen LogP contribution in [0.3, 0.4) is 0 Å². The van der Waals surface area contributed by atoms with E-state index in [1.165, 1.54) is 4.90 Å². The normalized spacial score (nSPS) is 16.2. The highest BCUT2D eigenvalue weighted by atomic mass is 16.6. The fourth-order valence-electron chi connectivity index (χ4n) is 14.6. The van der Waals surface area contributed by atoms with Gasteiger partial charge in [0.05, 0.1) is 12.1 Å². The Bertz CT molecular complexity index is 3720. The van der Waals surface area contributed by atoms with Gasteiger partial charge in [0.2, 0.25) is 23.6 Å². The highest BCUT2D eigenvalue weighted by Crippen LogP contribution is 2.31. The summed E-state index contributed by atoms with van der Waals surface area (Å²) < 4.78 is 10.7. The molecule has 6 rings (SSSR count). The molecule has 0 bridgehead atoms. The van der Waals surface area contributed by atoms with Gasteiger partial charge in [0.25, 0.3) is 0 Å². The number of aliphatic carboxylic acids is 2. The van der Waals surface area contributed by atoms with Crippen molar-refractivity contribution in [2.24, 2.45) is 64.5 Å². The monoisotopic (exact) mass is 1580 g/mol. The fraction of sp³-hybridized carbons (Fsp3) is 0.596. The number of nitrogens with zero attached hydrogens (tertiary/aromatic N) is 2. The van der Waals surface area contributed by atoms with E-state index in [4.69, 9.17) is 26.7 Å². The Morgan fingerprint density at radius 2 is 0.807 bits per heavy atom. The number of piperidine rings is 2. The van der Waals surface area contributed by atoms with E-state index >= 15 is 0 Å². The molecule has 0 saturated carbocycles. The summed E-state index contributed by atoms with van der Waals surface area (Å²) >= 11 is 0. The second-order valence-corrected chi connectivity index (χ2v) is 34.0. The number of nitrogens with one attached hydrogen (secondary N) is 4. The quantitative estimate of drug-likeness (QED) is 0.0186. The van der Waals surface area contributed by atoms with E-state index in [1.54, 1.807) is 46.4 Å². The Hall–Kier alpha value is -9.20. The lowest BCUT2D eigenvalue weighted by atomic mass is 9.84. The molecule has 0 unspecified atom stereocenters. The van der Waals surface area contributed by atoms with Gasteiger partial charge in [-0.1, -0.05) is 169 Å². The van der Waals surface area contributed by atoms with Crippen molar-refractivity contribution in [3.05, 3.63) is 144 Å². The SMILES string of the molecule is CC(C)C[C@@H](NC(=O)[C@H](CC(=O)[C@H](CN)Cc1ccccc1)Cc1ccccc1)C(=O)C[C@H](CCCCN)C(=O)N1CCC(N)(C(=O)O)CC1.CC[C@H](Cc1ccccc1)C(=O)C[C@H](Cc1ccccc1)C(=O)N[C@H](CC(C)C)C(=O)C[C@H](CCCCNC(=O)OC(C)(C)C)C(=O)N1CCC(NC(=O)OC(C)(C)C)(C(=O)O)CC1. The highest BCUT2D eigenvalue weighted by molar-refractivity contribution is 5.96. The average Bonchev–Trinajstić information content (AvgIpc) is 0.799. The van der Waals surface area contributed by atoms with Gasteiger partial charge in [0.15, 0.2) is 11.6 Å². The van der Waals surface area contributed by atoms with Gasteiger partial charge in [0, 0.05) is 100 Å². The molecule has 0 spiro atoms. The third kappa shape index (κ3) is 33.3. The van der Waals surface area contributed by atoms with Crippen LogP contribution in [0.15, 0.2) is 121 Å². The van der Waals surface area contributed by atoms with Crippen molar-refractivity contribution in [2.75, 3.05) is 45.8 Å². The number of amides is 6. The van der Waals surface area contributed by atoms with E-state index in [9.17, 15) is 67.7 Å². The van der Waals surface area contributed by atoms with Gasteiger partial charge in [-0.3, -0.25) is 43.2 Å². The molecule has 12 N–H and O–H groups in total. The maximum Gasteiger partial charge on any atom is 0.408 e. The summed E-state index contributed by atoms with van der Waals surface area (Å²) in [4.78, 5) is 165. The largest absolute Gasteiger partial charge is 0.480 e. The zero-order valence-corrected chi connectivity index (χ0v) is 69.4. The van der Waals surface area contributed by atoms with Crippen LogP contribution < -0.4 is 38.5 Å². The van der Waals surface area contributed by atoms with Gasteiger partial charge < -0.3 is 68.0 Å². The first kappa shape index (κ1) is 95.4. The molecular weight excluding hydrogens is 1450 g/mol. The number of Topliss-reactive ketones (excluding diaryl/α,β-unsaturated/α-hetero) is 4. The summed E-state index contributed by atoms with van der Waals surface area (Å²) in [6, 6.07) is 36.6. The van der Waals surface area contributed by atoms with E-state index in [2.05, 4.69) is 21.3 Å². The molecule has 8 atom stereocenters. The predicted molar refractivity (Wildman–Crippen MR) is 439 cm³/mol. The second kappa shape index (κ2) is 47.0. The predicted octanol–water partition coefficient (Wildman–Crippen LogP) is 11.1. The van der Waals surface area contributed by atoms with Crippen molar-refractivity contribution >= 4 is 70.9 Å². The molecule has 2 aliphatic rings. The minimum absolute atomic E-state index is 0.00266. The Balaban J connectivity index is 0.000000419. The molecule has 0 aromatic heterocycles. The lowest BCUT2D eigenvalue weighted by molar-refractivity contribution is -0.150. The number of alkyl carbamates (subject to hydrolysis) is 2. The third-order valence-electron chi connectivity index (χ3n) is 21.2. The van der Waals surface area contributed by atoms with Crippen molar-refractivity contribution in [3.8, 4) is 0 Å². The lowest BCUT2D eigenvalue weighted by Crippen LogP contribution is -2.61. The van der Waals surface area contributed by atoms with Crippen molar-refractivity contribution in [1.29, 1.82) is 0 Å². The molecule has 2 aliphatic heterocycles. The van der Waals surface area contributed by atoms with Crippen molar-refractivity contribution in [2.45, 2.75) is 245 Å². The number of likely N-dealkylation sites (tertiary alicyclic amines) is 2. The Kier molecular flexibility index (Phi) is 39.3. The number of nitrogens with two attached hydrogens (primary N) is 3. The molecule has 2 heterocycles. The van der Waals surface area contributed by atoms with Crippen LogP contribution >= 0.6 is 0 Å². The number of unbranched alkanes of at least 4 members (excludes halogenated alkanes) is 2. The number of carboxylic acids is 2. The smallest absolute Gasteiger partial charge is 0.408 e. The third-order valence-corrected chi connectivity index (χ3v) is 21.2. The number of ether oxygens (including phenoxy) is 2. The van der Waals surface area contributed by atoms with Gasteiger partial charge in [-0.05, 0) is 178 Å². The second-order valence-electron chi connectivity index (χ2n) is 34.0. The zero-order chi connectivity index (χ0) is 84.3. The van der Waals surface area contributed by atoms with Crippen molar-refractivity contribution < 1.29 is 77.2 Å². The molecule has 4 aromatic carbocycles. The van der Waals surface area contributed by atoms with Crippen LogP contribution in [0.4, 0.5) is 9.59 Å². The molecular formula is C89H131N9O16. The van der Waals surface area contributed by atoms with Gasteiger partial charge in [-0.15, -0.1) is 0 Å². The summed E-state index contributed by atoms with van der Waals surface area (Å²) in [5.41, 5.74) is 17.1. The maximum absolute atomic E-state index is 14.4. The summed E-state index contributed by atoms with van der Waals surface area (Å²) in [6.45, 7) is 21.4. The number of carboxylic acid groups (broad SMARTS) is 2. The van der Waals surface area contributed by atoms with Crippen LogP contribution in [0.5, 0.6) is 0 Å². The molecule has 114 heavy (non-hydrogen) atoms. The molecule has 2 saturated heterocycles. The highest BCUT2D eigenvalue weighted by Gasteiger charge is 2.47. The van der Waals surface area contributed by atoms with Crippen LogP contribution in [-0.4, -0.2) is 171 Å². The number of hydrogen-bond donors (Lipinski definition) is 9. The van der Waals surface area contributed by atoms with Crippen LogP contribution in [0.2, 0.25) is 0 Å². The maximum atomic E-state index is 14.4. The van der Waals surface area contributed by atoms with Gasteiger partial charge >= 0.3 is 24.1 Å². The van der Waals surface area contributed by atoms with Crippen LogP contribution in [-0.2, 0) is 83.1 Å². The first-order valence-corrected chi connectivity index (χ1v) is 41.0. The number of ketones is 4. The van der Waals surface area contributed by atoms with Crippen molar-refractivity contribution in [1.82, 2.24) is 31.1 Å². The number of carbonyl (C=O) groups is 12. The zero-order valence-electron chi connectivity index (χ0n) is 69.4. The van der Waals surface area contributed by atoms with E-state index < -0.39 is 94.0 Å². The van der Waals surface area contributed by atoms with E-state index in [0.29, 0.717) is 83.6 Å². The standard InChI is InChI=1S/C50H74N4O10.C39H57N5O6/c1-10-37(30-35-19-13-11-14-20-35)41(55)33-39(31-36-21-15-12-16-22-36)43(57)52-40(29-34(2)3)42(56)32-38(23-17-18-26-51-46(61)63-48(4,5)6)44(58)54-27-24-50(25-28-54,45(59)60)53-47(62)64-49(7,8)9;1-27(2)21-33(35(46)24-30(15-9-10-18-40)37(48)44-19-16-39(42,17-20-44)38(49)50)43-36(47)31(22-28-11-5-3-6-12-28)25-34(45)32(26-41)23-29-13-7-4-8-14-29/h11-16,19-22,34,37-40H,10,17-18,23-33H2,1-9H3,(H,51,61)(H,52,57)(H,53,62)(H,59,60);3-8,11-14,27,30-33H,9-10,15-26,40-42H2,1-2H3,(H,43,47)(H,49,50)/t37-,38+,39+,40-;30-,31-,32-,33+/m10/s1. The number of benzene rings is 4. The summed E-state index contributed by atoms with van der Waals surface area (Å²) in [5, 5.41) is 31.0. The summed E-state index contributed by atoms with van der Waals surface area (Å²) in [7, 11) is 0. The fourth-order valence-corrected chi connectivity index (χ4v) is 14.6. The average molecular weight is 1580 g/mol. The molecule has 2 fully saturated rings. The lowest BCUT2D eigenvalue weighted by Gasteiger charge is -2.40. The Morgan fingerprint density at radius 1 is 0.456 bits per heavy atom. The molecule has 628 valence electrons. The summed E-state index contributed by atoms with van der Waals surface area (Å²) in [6.07, 6.45) is 4.36. The van der Waals surface area contributed by atoms with Gasteiger partial charge in [0.1, 0.15) is 33.8 Å². The first-order chi connectivity index (χ1) is 53.9. The Labute approximate surface area is 675 Å². The minimum Gasteiger partial charge on any atom is -0.480 e. The van der Waals surface area contributed by atoms with E-state index in [-0.39, 0.29) is 156 Å². The topological polar surface area (TPSA) is 396 Å². The first-order valence-electron chi connectivity index (χ1n) is 41.0. The van der Waals surface area contributed by atoms with E-state index in [0.717, 1.165) is 22.3 Å². The minimum atomic E-state index is -1.65. The molecule has 0 aliphatic carbocycles. The number of hydrogen-bond acceptors (Lipinski definition) is 17. The molecule has 25 heteroatoms.